The van der Waals surface area contributed by atoms with Gasteiger partial charge in [0.2, 0.25) is 0 Å². The Kier molecular flexibility index (Phi) is 3.48. The summed E-state index contributed by atoms with van der Waals surface area (Å²) in [5.41, 5.74) is 8.52. The number of aryl methyl sites for hydroxylation is 3. The first-order valence-corrected chi connectivity index (χ1v) is 4.97. The normalized spacial score (nSPS) is 12.3. The van der Waals surface area contributed by atoms with Crippen molar-refractivity contribution in [1.82, 2.24) is 0 Å². The van der Waals surface area contributed by atoms with E-state index in [-0.39, 0.29) is 0 Å². The van der Waals surface area contributed by atoms with Crippen molar-refractivity contribution < 1.29 is 9.53 Å². The third-order valence-electron chi connectivity index (χ3n) is 2.18. The van der Waals surface area contributed by atoms with Crippen LogP contribution in [0.5, 0.6) is 5.75 Å². The maximum atomic E-state index is 11.4. The Morgan fingerprint density at radius 1 is 1.27 bits per heavy atom. The SMILES string of the molecule is Cc1cc(C)c(OC(=O)C(C)N)c(C)c1. The quantitative estimate of drug-likeness (QED) is 0.595. The van der Waals surface area contributed by atoms with Crippen LogP contribution in [0, 0.1) is 20.8 Å². The predicted molar refractivity (Wildman–Crippen MR) is 59.9 cm³/mol. The molecule has 0 fully saturated rings. The first-order valence-electron chi connectivity index (χ1n) is 4.97. The number of hydrogen-bond acceptors (Lipinski definition) is 3. The molecule has 3 heteroatoms. The van der Waals surface area contributed by atoms with Crippen LogP contribution in [0.15, 0.2) is 12.1 Å². The molecule has 0 aromatic heterocycles. The van der Waals surface area contributed by atoms with Gasteiger partial charge in [-0.3, -0.25) is 0 Å². The molecule has 0 saturated heterocycles. The van der Waals surface area contributed by atoms with Crippen LogP contribution in [-0.2, 0) is 4.79 Å². The van der Waals surface area contributed by atoms with Crippen LogP contribution in [0.4, 0.5) is 0 Å². The summed E-state index contributed by atoms with van der Waals surface area (Å²) in [7, 11) is 0. The van der Waals surface area contributed by atoms with Crippen LogP contribution in [0.2, 0.25) is 0 Å². The summed E-state index contributed by atoms with van der Waals surface area (Å²) in [5, 5.41) is 0. The molecule has 3 nitrogen and oxygen atoms in total. The van der Waals surface area contributed by atoms with E-state index in [0.29, 0.717) is 5.75 Å². The highest BCUT2D eigenvalue weighted by Crippen LogP contribution is 2.24. The van der Waals surface area contributed by atoms with Gasteiger partial charge in [-0.15, -0.1) is 0 Å². The van der Waals surface area contributed by atoms with Gasteiger partial charge in [0, 0.05) is 0 Å². The van der Waals surface area contributed by atoms with Crippen LogP contribution >= 0.6 is 0 Å². The van der Waals surface area contributed by atoms with Crippen molar-refractivity contribution in [2.75, 3.05) is 0 Å². The van der Waals surface area contributed by atoms with Crippen LogP contribution in [-0.4, -0.2) is 12.0 Å². The molecule has 0 amide bonds. The maximum absolute atomic E-state index is 11.4. The molecule has 82 valence electrons. The first-order chi connectivity index (χ1) is 6.91. The second kappa shape index (κ2) is 4.45. The van der Waals surface area contributed by atoms with Crippen molar-refractivity contribution in [2.24, 2.45) is 5.73 Å². The number of esters is 1. The smallest absolute Gasteiger partial charge is 0.328 e. The second-order valence-electron chi connectivity index (χ2n) is 3.94. The van der Waals surface area contributed by atoms with E-state index in [1.54, 1.807) is 6.92 Å². The van der Waals surface area contributed by atoms with Crippen LogP contribution in [0.25, 0.3) is 0 Å². The summed E-state index contributed by atoms with van der Waals surface area (Å²) in [6.45, 7) is 7.46. The largest absolute Gasteiger partial charge is 0.425 e. The minimum absolute atomic E-state index is 0.398. The lowest BCUT2D eigenvalue weighted by Crippen LogP contribution is -2.31. The van der Waals surface area contributed by atoms with E-state index in [1.807, 2.05) is 32.9 Å². The summed E-state index contributed by atoms with van der Waals surface area (Å²) < 4.78 is 5.23. The number of benzene rings is 1. The summed E-state index contributed by atoms with van der Waals surface area (Å²) in [6, 6.07) is 3.37. The average Bonchev–Trinajstić information content (AvgIpc) is 2.10. The fourth-order valence-electron chi connectivity index (χ4n) is 1.52. The Balaban J connectivity index is 3.00. The predicted octanol–water partition coefficient (Wildman–Crippen LogP) is 1.86. The van der Waals surface area contributed by atoms with Gasteiger partial charge in [0.15, 0.2) is 0 Å². The third-order valence-corrected chi connectivity index (χ3v) is 2.18. The highest BCUT2D eigenvalue weighted by molar-refractivity contribution is 5.78. The van der Waals surface area contributed by atoms with Gasteiger partial charge < -0.3 is 10.5 Å². The molecule has 0 aliphatic heterocycles. The monoisotopic (exact) mass is 207 g/mol. The molecule has 0 bridgehead atoms. The van der Waals surface area contributed by atoms with E-state index >= 15 is 0 Å². The molecule has 0 aliphatic rings. The number of rotatable bonds is 2. The molecule has 0 saturated carbocycles. The minimum Gasteiger partial charge on any atom is -0.425 e. The maximum Gasteiger partial charge on any atom is 0.328 e. The molecule has 1 aromatic carbocycles. The zero-order valence-corrected chi connectivity index (χ0v) is 9.63. The zero-order valence-electron chi connectivity index (χ0n) is 9.63. The third kappa shape index (κ3) is 2.80. The molecule has 0 heterocycles. The molecule has 1 unspecified atom stereocenters. The minimum atomic E-state index is -0.592. The molecular formula is C12H17NO2. The van der Waals surface area contributed by atoms with E-state index in [1.165, 1.54) is 0 Å². The highest BCUT2D eigenvalue weighted by atomic mass is 16.5. The Labute approximate surface area is 90.2 Å². The van der Waals surface area contributed by atoms with Crippen molar-refractivity contribution in [3.05, 3.63) is 28.8 Å². The lowest BCUT2D eigenvalue weighted by atomic mass is 10.1. The summed E-state index contributed by atoms with van der Waals surface area (Å²) in [4.78, 5) is 11.4. The molecule has 15 heavy (non-hydrogen) atoms. The zero-order chi connectivity index (χ0) is 11.6. The van der Waals surface area contributed by atoms with Crippen LogP contribution < -0.4 is 10.5 Å². The van der Waals surface area contributed by atoms with Gasteiger partial charge >= 0.3 is 5.97 Å². The Hall–Kier alpha value is -1.35. The van der Waals surface area contributed by atoms with E-state index in [2.05, 4.69) is 0 Å². The van der Waals surface area contributed by atoms with Gasteiger partial charge in [-0.2, -0.15) is 0 Å². The molecule has 1 atom stereocenters. The summed E-state index contributed by atoms with van der Waals surface area (Å²) in [6.07, 6.45) is 0. The van der Waals surface area contributed by atoms with Crippen molar-refractivity contribution in [2.45, 2.75) is 33.7 Å². The Morgan fingerprint density at radius 2 is 1.73 bits per heavy atom. The number of nitrogens with two attached hydrogens (primary N) is 1. The average molecular weight is 207 g/mol. The Morgan fingerprint density at radius 3 is 2.13 bits per heavy atom. The van der Waals surface area contributed by atoms with Gasteiger partial charge in [-0.25, -0.2) is 4.79 Å². The lowest BCUT2D eigenvalue weighted by Gasteiger charge is -2.12. The molecule has 0 aliphatic carbocycles. The topological polar surface area (TPSA) is 52.3 Å². The molecule has 2 N–H and O–H groups in total. The number of carbonyl (C=O) groups is 1. The molecule has 1 aromatic rings. The second-order valence-corrected chi connectivity index (χ2v) is 3.94. The van der Waals surface area contributed by atoms with Gasteiger partial charge in [-0.1, -0.05) is 17.7 Å². The summed E-state index contributed by atoms with van der Waals surface area (Å²) in [5.74, 6) is 0.230. The fraction of sp³-hybridized carbons (Fsp3) is 0.417. The van der Waals surface area contributed by atoms with E-state index in [4.69, 9.17) is 10.5 Å². The standard InChI is InChI=1S/C12H17NO2/c1-7-5-8(2)11(9(3)6-7)15-12(14)10(4)13/h5-6,10H,13H2,1-4H3. The highest BCUT2D eigenvalue weighted by Gasteiger charge is 2.13. The number of ether oxygens (including phenoxy) is 1. The van der Waals surface area contributed by atoms with E-state index in [9.17, 15) is 4.79 Å². The van der Waals surface area contributed by atoms with Crippen LogP contribution in [0.1, 0.15) is 23.6 Å². The van der Waals surface area contributed by atoms with Crippen molar-refractivity contribution in [3.8, 4) is 5.75 Å². The summed E-state index contributed by atoms with van der Waals surface area (Å²) >= 11 is 0. The molecular weight excluding hydrogens is 190 g/mol. The number of hydrogen-bond donors (Lipinski definition) is 1. The van der Waals surface area contributed by atoms with Crippen LogP contribution in [0.3, 0.4) is 0 Å². The molecule has 0 spiro atoms. The van der Waals surface area contributed by atoms with Gasteiger partial charge in [0.25, 0.3) is 0 Å². The fourth-order valence-corrected chi connectivity index (χ4v) is 1.52. The van der Waals surface area contributed by atoms with Crippen molar-refractivity contribution >= 4 is 5.97 Å². The van der Waals surface area contributed by atoms with E-state index < -0.39 is 12.0 Å². The molecule has 0 radical (unpaired) electrons. The Bertz CT molecular complexity index is 360. The van der Waals surface area contributed by atoms with Crippen molar-refractivity contribution in [3.63, 3.8) is 0 Å². The lowest BCUT2D eigenvalue weighted by molar-refractivity contribution is -0.135. The van der Waals surface area contributed by atoms with E-state index in [0.717, 1.165) is 16.7 Å². The van der Waals surface area contributed by atoms with Gasteiger partial charge in [0.05, 0.1) is 0 Å². The molecule has 1 rings (SSSR count). The van der Waals surface area contributed by atoms with Crippen molar-refractivity contribution in [1.29, 1.82) is 0 Å². The number of carbonyl (C=O) groups excluding carboxylic acids is 1. The van der Waals surface area contributed by atoms with Gasteiger partial charge in [-0.05, 0) is 38.8 Å². The first kappa shape index (κ1) is 11.7. The van der Waals surface area contributed by atoms with Gasteiger partial charge in [0.1, 0.15) is 11.8 Å².